The summed E-state index contributed by atoms with van der Waals surface area (Å²) in [5.74, 6) is -0.777. The number of hydrogen-bond donors (Lipinski definition) is 0. The molecule has 172 valence electrons. The van der Waals surface area contributed by atoms with Crippen LogP contribution in [0.2, 0.25) is 0 Å². The van der Waals surface area contributed by atoms with Crippen LogP contribution in [0.15, 0.2) is 41.7 Å². The van der Waals surface area contributed by atoms with Gasteiger partial charge in [-0.3, -0.25) is 13.8 Å². The van der Waals surface area contributed by atoms with Crippen molar-refractivity contribution in [1.82, 2.24) is 18.9 Å². The maximum absolute atomic E-state index is 15.5. The molecular weight excluding hydrogens is 454 g/mol. The summed E-state index contributed by atoms with van der Waals surface area (Å²) in [6.07, 6.45) is 6.66. The number of alkyl halides is 1. The molecule has 1 aliphatic heterocycles. The third-order valence-corrected chi connectivity index (χ3v) is 6.15. The largest absolute Gasteiger partial charge is 0.375 e. The Hall–Kier alpha value is -2.08. The molecule has 2 unspecified atom stereocenters. The van der Waals surface area contributed by atoms with Gasteiger partial charge in [0, 0.05) is 55.0 Å². The lowest BCUT2D eigenvalue weighted by molar-refractivity contribution is 0.0532. The van der Waals surface area contributed by atoms with E-state index in [0.717, 1.165) is 12.1 Å². The lowest BCUT2D eigenvalue weighted by Gasteiger charge is -2.34. The molecule has 7 nitrogen and oxygen atoms in total. The van der Waals surface area contributed by atoms with E-state index in [4.69, 9.17) is 4.74 Å². The molecule has 3 heterocycles. The number of benzene rings is 1. The van der Waals surface area contributed by atoms with Crippen molar-refractivity contribution in [3.63, 3.8) is 0 Å². The number of hydrogen-bond acceptors (Lipinski definition) is 4. The van der Waals surface area contributed by atoms with Gasteiger partial charge in [-0.05, 0) is 26.0 Å². The molecule has 1 aliphatic rings. The highest BCUT2D eigenvalue weighted by atomic mass is 31.1. The van der Waals surface area contributed by atoms with Crippen LogP contribution in [0.5, 0.6) is 0 Å². The standard InChI is InChI=1S/C21H27F2N5O2P2/c1-3-27-13-15(10-24-27)12-26-4-5-28(20(26)29)18-9-16(25-6-7-30-14(2)11-25)8-17(19(18)22)21(23,31)32/h4-5,8-10,13-14H,3,6-7,11-12,31-32H2,1-2H3/t14-/m1/s1. The van der Waals surface area contributed by atoms with Gasteiger partial charge in [0.15, 0.2) is 11.0 Å². The molecule has 11 heteroatoms. The first-order valence-electron chi connectivity index (χ1n) is 10.4. The summed E-state index contributed by atoms with van der Waals surface area (Å²) in [4.78, 5) is 15.1. The second-order valence-electron chi connectivity index (χ2n) is 8.00. The van der Waals surface area contributed by atoms with E-state index in [9.17, 15) is 9.18 Å². The van der Waals surface area contributed by atoms with Gasteiger partial charge in [-0.1, -0.05) is 18.5 Å². The van der Waals surface area contributed by atoms with Crippen LogP contribution in [0, 0.1) is 5.82 Å². The number of anilines is 1. The summed E-state index contributed by atoms with van der Waals surface area (Å²) < 4.78 is 40.4. The fourth-order valence-corrected chi connectivity index (χ4v) is 4.28. The lowest BCUT2D eigenvalue weighted by atomic mass is 10.1. The molecule has 3 atom stereocenters. The molecule has 3 aromatic rings. The van der Waals surface area contributed by atoms with Gasteiger partial charge < -0.3 is 9.64 Å². The first-order chi connectivity index (χ1) is 15.2. The Bertz CT molecular complexity index is 1170. The molecular formula is C21H27F2N5O2P2. The fourth-order valence-electron chi connectivity index (χ4n) is 3.86. The SMILES string of the molecule is CCn1cc(Cn2ccn(-c3cc(N4CCO[C@H](C)C4)cc(C(F)(P)P)c3F)c2=O)cn1. The third-order valence-electron chi connectivity index (χ3n) is 5.53. The van der Waals surface area contributed by atoms with Crippen molar-refractivity contribution in [2.75, 3.05) is 24.6 Å². The molecule has 1 aromatic carbocycles. The molecule has 0 amide bonds. The van der Waals surface area contributed by atoms with Gasteiger partial charge in [-0.15, -0.1) is 0 Å². The number of aromatic nitrogens is 4. The molecule has 0 bridgehead atoms. The Morgan fingerprint density at radius 3 is 2.75 bits per heavy atom. The minimum absolute atomic E-state index is 0.00400. The van der Waals surface area contributed by atoms with Gasteiger partial charge in [-0.2, -0.15) is 5.10 Å². The van der Waals surface area contributed by atoms with E-state index >= 15 is 4.39 Å². The molecule has 0 saturated carbocycles. The molecule has 0 spiro atoms. The van der Waals surface area contributed by atoms with Crippen molar-refractivity contribution in [1.29, 1.82) is 0 Å². The summed E-state index contributed by atoms with van der Waals surface area (Å²) in [5.41, 5.74) is 0.951. The fraction of sp³-hybridized carbons (Fsp3) is 0.429. The Morgan fingerprint density at radius 1 is 1.31 bits per heavy atom. The maximum Gasteiger partial charge on any atom is 0.333 e. The van der Waals surface area contributed by atoms with Crippen molar-refractivity contribution >= 4 is 24.2 Å². The van der Waals surface area contributed by atoms with E-state index in [1.807, 2.05) is 43.4 Å². The van der Waals surface area contributed by atoms with E-state index in [0.29, 0.717) is 31.9 Å². The summed E-state index contributed by atoms with van der Waals surface area (Å²) in [6.45, 7) is 6.67. The Labute approximate surface area is 189 Å². The Morgan fingerprint density at radius 2 is 2.09 bits per heavy atom. The molecule has 0 radical (unpaired) electrons. The third kappa shape index (κ3) is 4.66. The molecule has 32 heavy (non-hydrogen) atoms. The number of imidazole rings is 1. The van der Waals surface area contributed by atoms with Crippen LogP contribution >= 0.6 is 18.5 Å². The van der Waals surface area contributed by atoms with Crippen LogP contribution in [0.4, 0.5) is 14.5 Å². The number of rotatable bonds is 6. The van der Waals surface area contributed by atoms with Crippen LogP contribution in [-0.2, 0) is 23.0 Å². The topological polar surface area (TPSA) is 57.2 Å². The number of ether oxygens (including phenoxy) is 1. The van der Waals surface area contributed by atoms with E-state index < -0.39 is 16.7 Å². The monoisotopic (exact) mass is 481 g/mol. The average molecular weight is 481 g/mol. The van der Waals surface area contributed by atoms with Crippen LogP contribution in [0.25, 0.3) is 5.69 Å². The summed E-state index contributed by atoms with van der Waals surface area (Å²) in [7, 11) is 4.01. The smallest absolute Gasteiger partial charge is 0.333 e. The minimum atomic E-state index is -2.08. The minimum Gasteiger partial charge on any atom is -0.375 e. The molecule has 0 N–H and O–H groups in total. The highest BCUT2D eigenvalue weighted by molar-refractivity contribution is 7.38. The second-order valence-corrected chi connectivity index (χ2v) is 10.4. The van der Waals surface area contributed by atoms with Crippen molar-refractivity contribution in [2.45, 2.75) is 38.2 Å². The second kappa shape index (κ2) is 9.05. The van der Waals surface area contributed by atoms with Gasteiger partial charge in [0.1, 0.15) is 0 Å². The van der Waals surface area contributed by atoms with E-state index in [2.05, 4.69) is 5.10 Å². The normalized spacial score (nSPS) is 17.2. The van der Waals surface area contributed by atoms with Crippen molar-refractivity contribution in [3.05, 3.63) is 64.3 Å². The zero-order valence-electron chi connectivity index (χ0n) is 18.0. The van der Waals surface area contributed by atoms with Gasteiger partial charge >= 0.3 is 5.69 Å². The van der Waals surface area contributed by atoms with Crippen molar-refractivity contribution in [2.24, 2.45) is 0 Å². The average Bonchev–Trinajstić information content (AvgIpc) is 3.34. The van der Waals surface area contributed by atoms with Crippen molar-refractivity contribution in [3.8, 4) is 5.69 Å². The highest BCUT2D eigenvalue weighted by Crippen LogP contribution is 2.44. The quantitative estimate of drug-likeness (QED) is 0.508. The van der Waals surface area contributed by atoms with Crippen LogP contribution in [0.3, 0.4) is 0 Å². The number of halogens is 2. The first kappa shape index (κ1) is 23.1. The van der Waals surface area contributed by atoms with Gasteiger partial charge in [0.25, 0.3) is 0 Å². The maximum atomic E-state index is 15.5. The van der Waals surface area contributed by atoms with Crippen LogP contribution < -0.4 is 10.6 Å². The summed E-state index contributed by atoms with van der Waals surface area (Å²) >= 11 is 0. The van der Waals surface area contributed by atoms with Gasteiger partial charge in [-0.25, -0.2) is 13.6 Å². The lowest BCUT2D eigenvalue weighted by Crippen LogP contribution is -2.41. The van der Waals surface area contributed by atoms with E-state index in [1.165, 1.54) is 21.4 Å². The highest BCUT2D eigenvalue weighted by Gasteiger charge is 2.29. The molecule has 1 fully saturated rings. The first-order valence-corrected chi connectivity index (χ1v) is 11.6. The molecule has 2 aromatic heterocycles. The molecule has 4 rings (SSSR count). The summed E-state index contributed by atoms with van der Waals surface area (Å²) in [5, 5.41) is 2.14. The van der Waals surface area contributed by atoms with Gasteiger partial charge in [0.05, 0.1) is 31.1 Å². The molecule has 0 aliphatic carbocycles. The van der Waals surface area contributed by atoms with Crippen molar-refractivity contribution < 1.29 is 13.5 Å². The molecule has 1 saturated heterocycles. The van der Waals surface area contributed by atoms with E-state index in [1.54, 1.807) is 23.1 Å². The van der Waals surface area contributed by atoms with Gasteiger partial charge in [0.2, 0.25) is 0 Å². The number of nitrogens with zero attached hydrogens (tertiary/aromatic N) is 5. The number of aryl methyl sites for hydroxylation is 1. The summed E-state index contributed by atoms with van der Waals surface area (Å²) in [6, 6.07) is 3.09. The van der Waals surface area contributed by atoms with E-state index in [-0.39, 0.29) is 17.4 Å². The zero-order chi connectivity index (χ0) is 23.0. The van der Waals surface area contributed by atoms with Crippen LogP contribution in [-0.4, -0.2) is 44.7 Å². The Balaban J connectivity index is 1.76. The number of morpholine rings is 1. The zero-order valence-corrected chi connectivity index (χ0v) is 20.3. The Kier molecular flexibility index (Phi) is 6.53. The van der Waals surface area contributed by atoms with Crippen LogP contribution in [0.1, 0.15) is 25.0 Å². The predicted molar refractivity (Wildman–Crippen MR) is 127 cm³/mol. The predicted octanol–water partition coefficient (Wildman–Crippen LogP) is 3.10.